The summed E-state index contributed by atoms with van der Waals surface area (Å²) in [4.78, 5) is 0. The van der Waals surface area contributed by atoms with Gasteiger partial charge < -0.3 is 5.73 Å². The van der Waals surface area contributed by atoms with E-state index in [1.165, 1.54) is 0 Å². The molecule has 0 saturated heterocycles. The monoisotopic (exact) mass is 262 g/mol. The lowest BCUT2D eigenvalue weighted by Crippen LogP contribution is -1.90. The largest absolute Gasteiger partial charge is 0.398 e. The smallest absolute Gasteiger partial charge is 0.0549 e. The number of anilines is 1. The van der Waals surface area contributed by atoms with Crippen LogP contribution in [0.25, 0.3) is 0 Å². The molecule has 0 atom stereocenters. The van der Waals surface area contributed by atoms with E-state index in [9.17, 15) is 0 Å². The second-order valence-corrected chi connectivity index (χ2v) is 3.58. The van der Waals surface area contributed by atoms with Gasteiger partial charge in [-0.15, -0.1) is 0 Å². The van der Waals surface area contributed by atoms with Crippen molar-refractivity contribution in [3.8, 4) is 0 Å². The van der Waals surface area contributed by atoms with E-state index in [0.717, 1.165) is 14.5 Å². The molecule has 1 nitrogen and oxygen atoms in total. The fourth-order valence-corrected chi connectivity index (χ4v) is 1.34. The minimum Gasteiger partial charge on any atom is -0.398 e. The molecule has 0 aliphatic carbocycles. The predicted molar refractivity (Wildman–Crippen MR) is 50.7 cm³/mol. The summed E-state index contributed by atoms with van der Waals surface area (Å²) in [6.07, 6.45) is 0. The van der Waals surface area contributed by atoms with Gasteiger partial charge in [0.2, 0.25) is 0 Å². The quantitative estimate of drug-likeness (QED) is 0.716. The van der Waals surface area contributed by atoms with Gasteiger partial charge in [0.1, 0.15) is 0 Å². The second kappa shape index (κ2) is 2.93. The van der Waals surface area contributed by atoms with E-state index >= 15 is 0 Å². The number of hydrogen-bond acceptors (Lipinski definition) is 1. The molecule has 0 fully saturated rings. The number of hydrogen-bond donors (Lipinski definition) is 1. The summed E-state index contributed by atoms with van der Waals surface area (Å²) in [5.74, 6) is 0. The zero-order valence-electron chi connectivity index (χ0n) is 5.20. The van der Waals surface area contributed by atoms with Crippen molar-refractivity contribution in [1.82, 2.24) is 0 Å². The Bertz CT molecular complexity index is 231. The second-order valence-electron chi connectivity index (χ2n) is 1.93. The third-order valence-electron chi connectivity index (χ3n) is 1.22. The molecule has 0 heterocycles. The first-order valence-electron chi connectivity index (χ1n) is 2.68. The van der Waals surface area contributed by atoms with Crippen molar-refractivity contribution >= 4 is 37.5 Å². The Hall–Kier alpha value is -0.0200. The molecule has 0 saturated carbocycles. The fourth-order valence-electron chi connectivity index (χ4n) is 0.606. The van der Waals surface area contributed by atoms with E-state index in [-0.39, 0.29) is 0 Å². The molecular weight excluding hydrogens is 258 g/mol. The minimum atomic E-state index is 0.689. The highest BCUT2D eigenvalue weighted by Crippen LogP contribution is 2.30. The molecule has 1 aromatic carbocycles. The summed E-state index contributed by atoms with van der Waals surface area (Å²) in [5.41, 5.74) is 7.18. The van der Waals surface area contributed by atoms with Crippen LogP contribution in [0.3, 0.4) is 0 Å². The summed E-state index contributed by atoms with van der Waals surface area (Å²) in [6.45, 7) is 3.75. The summed E-state index contributed by atoms with van der Waals surface area (Å²) in [7, 11) is 0. The summed E-state index contributed by atoms with van der Waals surface area (Å²) in [6, 6.07) is 3.77. The average molecular weight is 264 g/mol. The molecule has 1 radical (unpaired) electrons. The molecule has 0 aliphatic rings. The molecule has 0 spiro atoms. The van der Waals surface area contributed by atoms with Gasteiger partial charge >= 0.3 is 0 Å². The Morgan fingerprint density at radius 1 is 1.30 bits per heavy atom. The van der Waals surface area contributed by atoms with E-state index in [1.807, 2.05) is 12.1 Å². The van der Waals surface area contributed by atoms with E-state index < -0.39 is 0 Å². The van der Waals surface area contributed by atoms with Crippen LogP contribution in [0.1, 0.15) is 5.56 Å². The van der Waals surface area contributed by atoms with Crippen LogP contribution in [-0.4, -0.2) is 0 Å². The van der Waals surface area contributed by atoms with Gasteiger partial charge in [0, 0.05) is 4.47 Å². The molecule has 1 rings (SSSR count). The first kappa shape index (κ1) is 8.08. The van der Waals surface area contributed by atoms with Crippen molar-refractivity contribution in [2.24, 2.45) is 0 Å². The Morgan fingerprint density at radius 3 is 2.40 bits per heavy atom. The fraction of sp³-hybridized carbons (Fsp3) is 0. The first-order valence-corrected chi connectivity index (χ1v) is 4.27. The van der Waals surface area contributed by atoms with E-state index in [0.29, 0.717) is 5.69 Å². The van der Waals surface area contributed by atoms with Crippen molar-refractivity contribution < 1.29 is 0 Å². The van der Waals surface area contributed by atoms with Crippen molar-refractivity contribution in [1.29, 1.82) is 0 Å². The van der Waals surface area contributed by atoms with Gasteiger partial charge in [-0.05, 0) is 50.4 Å². The van der Waals surface area contributed by atoms with Crippen LogP contribution in [0.4, 0.5) is 5.69 Å². The SMILES string of the molecule is [CH2]c1ccc(Br)c(Br)c1N. The van der Waals surface area contributed by atoms with Crippen molar-refractivity contribution in [2.45, 2.75) is 0 Å². The lowest BCUT2D eigenvalue weighted by atomic mass is 10.2. The van der Waals surface area contributed by atoms with E-state index in [2.05, 4.69) is 38.8 Å². The maximum Gasteiger partial charge on any atom is 0.0549 e. The zero-order valence-corrected chi connectivity index (χ0v) is 8.37. The van der Waals surface area contributed by atoms with Crippen LogP contribution in [0, 0.1) is 6.92 Å². The van der Waals surface area contributed by atoms with Crippen LogP contribution in [-0.2, 0) is 0 Å². The normalized spacial score (nSPS) is 9.90. The van der Waals surface area contributed by atoms with Gasteiger partial charge in [0.25, 0.3) is 0 Å². The number of rotatable bonds is 0. The number of halogens is 2. The molecule has 0 aromatic heterocycles. The van der Waals surface area contributed by atoms with E-state index in [1.54, 1.807) is 0 Å². The zero-order chi connectivity index (χ0) is 7.72. The van der Waals surface area contributed by atoms with Crippen LogP contribution in [0.15, 0.2) is 21.1 Å². The van der Waals surface area contributed by atoms with Crippen molar-refractivity contribution in [2.75, 3.05) is 5.73 Å². The standard InChI is InChI=1S/C7H6Br2N/c1-4-2-3-5(8)6(9)7(4)10/h2-3H,1,10H2. The van der Waals surface area contributed by atoms with Crippen LogP contribution in [0.5, 0.6) is 0 Å². The lowest BCUT2D eigenvalue weighted by Gasteiger charge is -2.02. The summed E-state index contributed by atoms with van der Waals surface area (Å²) < 4.78 is 1.83. The Labute approximate surface area is 76.9 Å². The first-order chi connectivity index (χ1) is 4.63. The summed E-state index contributed by atoms with van der Waals surface area (Å²) in [5, 5.41) is 0. The number of nitrogens with two attached hydrogens (primary N) is 1. The molecule has 53 valence electrons. The molecule has 0 amide bonds. The van der Waals surface area contributed by atoms with Crippen molar-refractivity contribution in [3.63, 3.8) is 0 Å². The van der Waals surface area contributed by atoms with Crippen LogP contribution >= 0.6 is 31.9 Å². The molecule has 0 aliphatic heterocycles. The summed E-state index contributed by atoms with van der Waals surface area (Å²) >= 11 is 6.64. The molecule has 0 unspecified atom stereocenters. The molecule has 3 heteroatoms. The maximum absolute atomic E-state index is 5.64. The molecule has 10 heavy (non-hydrogen) atoms. The predicted octanol–water partition coefficient (Wildman–Crippen LogP) is 2.98. The molecule has 2 N–H and O–H groups in total. The van der Waals surface area contributed by atoms with Gasteiger partial charge in [-0.2, -0.15) is 0 Å². The molecular formula is C7H6Br2N. The lowest BCUT2D eigenvalue weighted by molar-refractivity contribution is 1.52. The average Bonchev–Trinajstić information content (AvgIpc) is 1.93. The Balaban J connectivity index is 3.34. The third kappa shape index (κ3) is 1.35. The van der Waals surface area contributed by atoms with Crippen molar-refractivity contribution in [3.05, 3.63) is 33.6 Å². The highest BCUT2D eigenvalue weighted by molar-refractivity contribution is 9.13. The maximum atomic E-state index is 5.64. The van der Waals surface area contributed by atoms with Gasteiger partial charge in [-0.3, -0.25) is 0 Å². The van der Waals surface area contributed by atoms with Gasteiger partial charge in [0.05, 0.1) is 10.2 Å². The van der Waals surface area contributed by atoms with Crippen LogP contribution < -0.4 is 5.73 Å². The van der Waals surface area contributed by atoms with Crippen LogP contribution in [0.2, 0.25) is 0 Å². The van der Waals surface area contributed by atoms with E-state index in [4.69, 9.17) is 5.73 Å². The minimum absolute atomic E-state index is 0.689. The highest BCUT2D eigenvalue weighted by Gasteiger charge is 2.01. The number of nitrogen functional groups attached to an aromatic ring is 1. The Morgan fingerprint density at radius 2 is 1.90 bits per heavy atom. The van der Waals surface area contributed by atoms with Gasteiger partial charge in [-0.25, -0.2) is 0 Å². The Kier molecular flexibility index (Phi) is 2.36. The molecule has 0 bridgehead atoms. The highest BCUT2D eigenvalue weighted by atomic mass is 79.9. The van der Waals surface area contributed by atoms with Gasteiger partial charge in [0.15, 0.2) is 0 Å². The third-order valence-corrected chi connectivity index (χ3v) is 3.27. The number of benzene rings is 1. The topological polar surface area (TPSA) is 26.0 Å². The van der Waals surface area contributed by atoms with Gasteiger partial charge in [-0.1, -0.05) is 6.07 Å². The molecule has 1 aromatic rings.